The summed E-state index contributed by atoms with van der Waals surface area (Å²) in [7, 11) is 0. The number of nitrogens with zero attached hydrogens (tertiary/aromatic N) is 2. The Morgan fingerprint density at radius 3 is 2.70 bits per heavy atom. The SMILES string of the molecule is NNC(Cc1cc(F)ccc1Cl)C1CN2CCN1CC2. The lowest BCUT2D eigenvalue weighted by molar-refractivity contribution is -0.00315. The second-order valence-electron chi connectivity index (χ2n) is 5.62. The molecule has 0 aromatic heterocycles. The van der Waals surface area contributed by atoms with E-state index in [0.29, 0.717) is 17.5 Å². The van der Waals surface area contributed by atoms with Crippen molar-refractivity contribution in [2.75, 3.05) is 32.7 Å². The van der Waals surface area contributed by atoms with Gasteiger partial charge in [0.2, 0.25) is 0 Å². The average Bonchev–Trinajstić information content (AvgIpc) is 2.49. The third kappa shape index (κ3) is 2.82. The number of hydrazine groups is 1. The molecule has 0 radical (unpaired) electrons. The van der Waals surface area contributed by atoms with Crippen LogP contribution in [0, 0.1) is 5.82 Å². The molecule has 110 valence electrons. The fraction of sp³-hybridized carbons (Fsp3) is 0.571. The van der Waals surface area contributed by atoms with Crippen molar-refractivity contribution in [3.05, 3.63) is 34.6 Å². The first kappa shape index (κ1) is 14.2. The molecule has 1 aromatic rings. The first-order valence-corrected chi connectivity index (χ1v) is 7.41. The monoisotopic (exact) mass is 298 g/mol. The molecule has 3 aliphatic rings. The largest absolute Gasteiger partial charge is 0.299 e. The number of benzene rings is 1. The van der Waals surface area contributed by atoms with Gasteiger partial charge in [0.25, 0.3) is 0 Å². The topological polar surface area (TPSA) is 44.5 Å². The van der Waals surface area contributed by atoms with E-state index in [9.17, 15) is 4.39 Å². The molecule has 0 saturated carbocycles. The van der Waals surface area contributed by atoms with Crippen LogP contribution in [0.1, 0.15) is 5.56 Å². The van der Waals surface area contributed by atoms with E-state index in [1.807, 2.05) is 0 Å². The Bertz CT molecular complexity index is 476. The van der Waals surface area contributed by atoms with Crippen molar-refractivity contribution in [3.8, 4) is 0 Å². The molecule has 0 spiro atoms. The molecular weight excluding hydrogens is 279 g/mol. The highest BCUT2D eigenvalue weighted by molar-refractivity contribution is 6.31. The van der Waals surface area contributed by atoms with Crippen LogP contribution in [0.2, 0.25) is 5.02 Å². The zero-order valence-electron chi connectivity index (χ0n) is 11.4. The molecule has 2 unspecified atom stereocenters. The third-order valence-electron chi connectivity index (χ3n) is 4.45. The Labute approximate surface area is 123 Å². The van der Waals surface area contributed by atoms with Gasteiger partial charge < -0.3 is 0 Å². The second kappa shape index (κ2) is 5.95. The lowest BCUT2D eigenvalue weighted by Crippen LogP contribution is -2.67. The number of hydrogen-bond donors (Lipinski definition) is 2. The minimum Gasteiger partial charge on any atom is -0.299 e. The van der Waals surface area contributed by atoms with Gasteiger partial charge in [-0.25, -0.2) is 4.39 Å². The summed E-state index contributed by atoms with van der Waals surface area (Å²) in [5.74, 6) is 5.48. The van der Waals surface area contributed by atoms with Crippen molar-refractivity contribution in [1.29, 1.82) is 0 Å². The number of rotatable bonds is 4. The summed E-state index contributed by atoms with van der Waals surface area (Å²) in [5.41, 5.74) is 3.71. The smallest absolute Gasteiger partial charge is 0.123 e. The van der Waals surface area contributed by atoms with Crippen LogP contribution in [0.3, 0.4) is 0 Å². The fourth-order valence-electron chi connectivity index (χ4n) is 3.28. The van der Waals surface area contributed by atoms with Gasteiger partial charge in [-0.05, 0) is 30.2 Å². The van der Waals surface area contributed by atoms with Gasteiger partial charge in [0.05, 0.1) is 0 Å². The number of nitrogens with one attached hydrogen (secondary N) is 1. The Morgan fingerprint density at radius 2 is 2.10 bits per heavy atom. The molecule has 3 saturated heterocycles. The van der Waals surface area contributed by atoms with Gasteiger partial charge in [-0.3, -0.25) is 21.1 Å². The van der Waals surface area contributed by atoms with Crippen molar-refractivity contribution in [2.24, 2.45) is 5.84 Å². The van der Waals surface area contributed by atoms with E-state index in [-0.39, 0.29) is 11.9 Å². The Kier molecular flexibility index (Phi) is 4.23. The van der Waals surface area contributed by atoms with Crippen molar-refractivity contribution >= 4 is 11.6 Å². The predicted octanol–water partition coefficient (Wildman–Crippen LogP) is 0.853. The summed E-state index contributed by atoms with van der Waals surface area (Å²) >= 11 is 6.16. The van der Waals surface area contributed by atoms with Crippen molar-refractivity contribution in [1.82, 2.24) is 15.2 Å². The summed E-state index contributed by atoms with van der Waals surface area (Å²) < 4.78 is 13.4. The Morgan fingerprint density at radius 1 is 1.35 bits per heavy atom. The normalized spacial score (nSPS) is 30.4. The molecular formula is C14H20ClFN4. The summed E-state index contributed by atoms with van der Waals surface area (Å²) in [6.45, 7) is 5.45. The van der Waals surface area contributed by atoms with E-state index >= 15 is 0 Å². The minimum absolute atomic E-state index is 0.0809. The van der Waals surface area contributed by atoms with E-state index in [1.165, 1.54) is 12.1 Å². The molecule has 2 bridgehead atoms. The lowest BCUT2D eigenvalue weighted by Gasteiger charge is -2.50. The molecule has 6 heteroatoms. The van der Waals surface area contributed by atoms with Crippen LogP contribution < -0.4 is 11.3 Å². The highest BCUT2D eigenvalue weighted by Crippen LogP contribution is 2.23. The lowest BCUT2D eigenvalue weighted by atomic mass is 9.95. The van der Waals surface area contributed by atoms with Gasteiger partial charge in [-0.2, -0.15) is 0 Å². The second-order valence-corrected chi connectivity index (χ2v) is 6.02. The van der Waals surface area contributed by atoms with E-state index in [1.54, 1.807) is 6.07 Å². The maximum Gasteiger partial charge on any atom is 0.123 e. The van der Waals surface area contributed by atoms with Crippen LogP contribution in [-0.2, 0) is 6.42 Å². The summed E-state index contributed by atoms with van der Waals surface area (Å²) in [4.78, 5) is 4.93. The molecule has 3 heterocycles. The van der Waals surface area contributed by atoms with Gasteiger partial charge in [0.15, 0.2) is 0 Å². The Balaban J connectivity index is 1.75. The molecule has 20 heavy (non-hydrogen) atoms. The summed E-state index contributed by atoms with van der Waals surface area (Å²) in [6, 6.07) is 4.94. The van der Waals surface area contributed by atoms with Gasteiger partial charge in [0, 0.05) is 49.8 Å². The van der Waals surface area contributed by atoms with Crippen LogP contribution in [0.15, 0.2) is 18.2 Å². The fourth-order valence-corrected chi connectivity index (χ4v) is 3.48. The molecule has 0 amide bonds. The van der Waals surface area contributed by atoms with Gasteiger partial charge in [-0.15, -0.1) is 0 Å². The molecule has 3 N–H and O–H groups in total. The molecule has 2 atom stereocenters. The molecule has 3 aliphatic heterocycles. The zero-order valence-corrected chi connectivity index (χ0v) is 12.1. The standard InChI is InChI=1S/C14H20ClFN4/c15-12-2-1-11(16)7-10(12)8-13(18-17)14-9-19-3-5-20(14)6-4-19/h1-2,7,13-14,18H,3-6,8-9,17H2. The van der Waals surface area contributed by atoms with E-state index in [0.717, 1.165) is 38.3 Å². The number of fused-ring (bicyclic) bond motifs is 3. The first-order valence-electron chi connectivity index (χ1n) is 7.04. The molecule has 4 rings (SSSR count). The van der Waals surface area contributed by atoms with E-state index in [2.05, 4.69) is 15.2 Å². The van der Waals surface area contributed by atoms with Crippen LogP contribution in [0.4, 0.5) is 4.39 Å². The molecule has 3 fully saturated rings. The van der Waals surface area contributed by atoms with Gasteiger partial charge in [-0.1, -0.05) is 11.6 Å². The van der Waals surface area contributed by atoms with Crippen molar-refractivity contribution < 1.29 is 4.39 Å². The van der Waals surface area contributed by atoms with Crippen LogP contribution in [0.5, 0.6) is 0 Å². The molecule has 0 aliphatic carbocycles. The maximum atomic E-state index is 13.4. The summed E-state index contributed by atoms with van der Waals surface area (Å²) in [5, 5.41) is 0.600. The predicted molar refractivity (Wildman–Crippen MR) is 78.0 cm³/mol. The highest BCUT2D eigenvalue weighted by Gasteiger charge is 2.36. The van der Waals surface area contributed by atoms with Crippen molar-refractivity contribution in [3.63, 3.8) is 0 Å². The van der Waals surface area contributed by atoms with Gasteiger partial charge in [0.1, 0.15) is 5.82 Å². The number of hydrogen-bond acceptors (Lipinski definition) is 4. The third-order valence-corrected chi connectivity index (χ3v) is 4.82. The quantitative estimate of drug-likeness (QED) is 0.639. The summed E-state index contributed by atoms with van der Waals surface area (Å²) in [6.07, 6.45) is 0.641. The van der Waals surface area contributed by atoms with Crippen LogP contribution in [-0.4, -0.2) is 54.6 Å². The molecule has 1 aromatic carbocycles. The maximum absolute atomic E-state index is 13.4. The molecule has 4 nitrogen and oxygen atoms in total. The Hall–Kier alpha value is -0.720. The van der Waals surface area contributed by atoms with E-state index < -0.39 is 0 Å². The highest BCUT2D eigenvalue weighted by atomic mass is 35.5. The minimum atomic E-state index is -0.255. The van der Waals surface area contributed by atoms with Crippen LogP contribution >= 0.6 is 11.6 Å². The first-order chi connectivity index (χ1) is 9.67. The van der Waals surface area contributed by atoms with Gasteiger partial charge >= 0.3 is 0 Å². The van der Waals surface area contributed by atoms with Crippen molar-refractivity contribution in [2.45, 2.75) is 18.5 Å². The van der Waals surface area contributed by atoms with E-state index in [4.69, 9.17) is 17.4 Å². The zero-order chi connectivity index (χ0) is 14.1. The van der Waals surface area contributed by atoms with Crippen LogP contribution in [0.25, 0.3) is 0 Å². The number of piperazine rings is 3. The number of halogens is 2. The number of nitrogens with two attached hydrogens (primary N) is 1. The average molecular weight is 299 g/mol.